The summed E-state index contributed by atoms with van der Waals surface area (Å²) < 4.78 is 5.44. The number of thioether (sulfide) groups is 1. The van der Waals surface area contributed by atoms with Gasteiger partial charge in [0.05, 0.1) is 6.61 Å². The van der Waals surface area contributed by atoms with E-state index >= 15 is 0 Å². The van der Waals surface area contributed by atoms with Crippen LogP contribution in [0.15, 0.2) is 48.5 Å². The number of carbonyl (C=O) groups excluding carboxylic acids is 1. The molecule has 2 aromatic carbocycles. The molecule has 1 saturated heterocycles. The first-order chi connectivity index (χ1) is 13.7. The van der Waals surface area contributed by atoms with Crippen LogP contribution in [0, 0.1) is 6.92 Å². The highest BCUT2D eigenvalue weighted by Gasteiger charge is 2.13. The van der Waals surface area contributed by atoms with Gasteiger partial charge < -0.3 is 10.1 Å². The van der Waals surface area contributed by atoms with Gasteiger partial charge in [-0.2, -0.15) is 11.8 Å². The average Bonchev–Trinajstić information content (AvgIpc) is 2.71. The lowest BCUT2D eigenvalue weighted by Gasteiger charge is -2.27. The Morgan fingerprint density at radius 1 is 1.18 bits per heavy atom. The molecular weight excluding hydrogens is 368 g/mol. The molecule has 0 aliphatic carbocycles. The van der Waals surface area contributed by atoms with Gasteiger partial charge in [-0.3, -0.25) is 9.69 Å². The van der Waals surface area contributed by atoms with Gasteiger partial charge in [-0.25, -0.2) is 0 Å². The van der Waals surface area contributed by atoms with E-state index in [4.69, 9.17) is 4.74 Å². The van der Waals surface area contributed by atoms with Crippen LogP contribution in [-0.2, 0) is 11.3 Å². The summed E-state index contributed by atoms with van der Waals surface area (Å²) in [5, 5.41) is 3.02. The van der Waals surface area contributed by atoms with Crippen LogP contribution < -0.4 is 10.1 Å². The molecular formula is C23H28N2O2S. The first-order valence-corrected chi connectivity index (χ1v) is 10.9. The fourth-order valence-corrected chi connectivity index (χ4v) is 4.16. The van der Waals surface area contributed by atoms with Crippen molar-refractivity contribution in [1.29, 1.82) is 0 Å². The predicted molar refractivity (Wildman–Crippen MR) is 119 cm³/mol. The Morgan fingerprint density at radius 3 is 2.64 bits per heavy atom. The Bertz CT molecular complexity index is 812. The Hall–Kier alpha value is -2.24. The fourth-order valence-electron chi connectivity index (χ4n) is 3.18. The SMILES string of the molecule is CCOc1ccc(/C=C/C(=O)Nc2cccc(CN3CCSCC3)c2C)cc1. The van der Waals surface area contributed by atoms with Crippen molar-refractivity contribution in [2.24, 2.45) is 0 Å². The Labute approximate surface area is 172 Å². The number of benzene rings is 2. The summed E-state index contributed by atoms with van der Waals surface area (Å²) in [6.45, 7) is 7.89. The second kappa shape index (κ2) is 10.3. The normalized spacial score (nSPS) is 14.9. The highest BCUT2D eigenvalue weighted by Crippen LogP contribution is 2.22. The molecule has 4 nitrogen and oxygen atoms in total. The number of carbonyl (C=O) groups is 1. The second-order valence-corrected chi connectivity index (χ2v) is 8.03. The van der Waals surface area contributed by atoms with E-state index in [1.807, 2.05) is 61.2 Å². The molecule has 0 aromatic heterocycles. The topological polar surface area (TPSA) is 41.6 Å². The molecule has 28 heavy (non-hydrogen) atoms. The van der Waals surface area contributed by atoms with Gasteiger partial charge >= 0.3 is 0 Å². The highest BCUT2D eigenvalue weighted by molar-refractivity contribution is 7.99. The molecule has 2 aromatic rings. The molecule has 0 unspecified atom stereocenters. The molecule has 0 spiro atoms. The van der Waals surface area contributed by atoms with Crippen LogP contribution in [0.5, 0.6) is 5.75 Å². The quantitative estimate of drug-likeness (QED) is 0.695. The van der Waals surface area contributed by atoms with Gasteiger partial charge in [0.2, 0.25) is 5.91 Å². The van der Waals surface area contributed by atoms with E-state index in [0.717, 1.165) is 42.2 Å². The van der Waals surface area contributed by atoms with Crippen LogP contribution in [0.3, 0.4) is 0 Å². The maximum Gasteiger partial charge on any atom is 0.248 e. The zero-order valence-electron chi connectivity index (χ0n) is 16.6. The summed E-state index contributed by atoms with van der Waals surface area (Å²) in [5.74, 6) is 3.12. The van der Waals surface area contributed by atoms with Crippen molar-refractivity contribution in [3.8, 4) is 5.75 Å². The average molecular weight is 397 g/mol. The van der Waals surface area contributed by atoms with Crippen molar-refractivity contribution in [2.45, 2.75) is 20.4 Å². The van der Waals surface area contributed by atoms with Gasteiger partial charge in [-0.1, -0.05) is 24.3 Å². The van der Waals surface area contributed by atoms with E-state index in [1.54, 1.807) is 6.08 Å². The lowest BCUT2D eigenvalue weighted by molar-refractivity contribution is -0.111. The summed E-state index contributed by atoms with van der Waals surface area (Å²) in [5.41, 5.74) is 4.26. The first-order valence-electron chi connectivity index (χ1n) is 9.76. The molecule has 5 heteroatoms. The van der Waals surface area contributed by atoms with Gasteiger partial charge in [0, 0.05) is 42.9 Å². The van der Waals surface area contributed by atoms with Crippen LogP contribution in [0.25, 0.3) is 6.08 Å². The van der Waals surface area contributed by atoms with Crippen molar-refractivity contribution in [3.05, 3.63) is 65.2 Å². The number of hydrogen-bond acceptors (Lipinski definition) is 4. The smallest absolute Gasteiger partial charge is 0.248 e. The van der Waals surface area contributed by atoms with Crippen molar-refractivity contribution in [1.82, 2.24) is 4.90 Å². The van der Waals surface area contributed by atoms with E-state index in [2.05, 4.69) is 23.2 Å². The molecule has 3 rings (SSSR count). The first kappa shape index (κ1) is 20.5. The summed E-state index contributed by atoms with van der Waals surface area (Å²) in [7, 11) is 0. The van der Waals surface area contributed by atoms with Crippen LogP contribution in [0.1, 0.15) is 23.6 Å². The third-order valence-corrected chi connectivity index (χ3v) is 5.76. The van der Waals surface area contributed by atoms with Crippen molar-refractivity contribution < 1.29 is 9.53 Å². The third kappa shape index (κ3) is 5.88. The number of hydrogen-bond donors (Lipinski definition) is 1. The number of rotatable bonds is 7. The number of anilines is 1. The molecule has 1 fully saturated rings. The minimum Gasteiger partial charge on any atom is -0.494 e. The van der Waals surface area contributed by atoms with Gasteiger partial charge in [0.25, 0.3) is 0 Å². The third-order valence-electron chi connectivity index (χ3n) is 4.82. The zero-order chi connectivity index (χ0) is 19.8. The number of amides is 1. The number of nitrogens with zero attached hydrogens (tertiary/aromatic N) is 1. The van der Waals surface area contributed by atoms with E-state index in [9.17, 15) is 4.79 Å². The molecule has 1 heterocycles. The highest BCUT2D eigenvalue weighted by atomic mass is 32.2. The van der Waals surface area contributed by atoms with Crippen LogP contribution in [-0.4, -0.2) is 42.0 Å². The maximum atomic E-state index is 12.4. The van der Waals surface area contributed by atoms with Gasteiger partial charge in [-0.05, 0) is 54.8 Å². The van der Waals surface area contributed by atoms with Crippen molar-refractivity contribution in [3.63, 3.8) is 0 Å². The Morgan fingerprint density at radius 2 is 1.93 bits per heavy atom. The second-order valence-electron chi connectivity index (χ2n) is 6.80. The Balaban J connectivity index is 1.60. The van der Waals surface area contributed by atoms with E-state index in [1.165, 1.54) is 17.1 Å². The molecule has 1 aliphatic heterocycles. The summed E-state index contributed by atoms with van der Waals surface area (Å²) in [6.07, 6.45) is 3.39. The number of ether oxygens (including phenoxy) is 1. The molecule has 0 saturated carbocycles. The Kier molecular flexibility index (Phi) is 7.57. The summed E-state index contributed by atoms with van der Waals surface area (Å²) >= 11 is 2.02. The molecule has 1 N–H and O–H groups in total. The monoisotopic (exact) mass is 396 g/mol. The molecule has 148 valence electrons. The van der Waals surface area contributed by atoms with Gasteiger partial charge in [0.1, 0.15) is 5.75 Å². The van der Waals surface area contributed by atoms with E-state index in [-0.39, 0.29) is 5.91 Å². The standard InChI is InChI=1S/C23H28N2O2S/c1-3-27-21-10-7-19(8-11-21)9-12-23(26)24-22-6-4-5-20(18(22)2)17-25-13-15-28-16-14-25/h4-12H,3,13-17H2,1-2H3,(H,24,26)/b12-9+. The predicted octanol–water partition coefficient (Wildman–Crippen LogP) is 4.59. The molecule has 1 amide bonds. The van der Waals surface area contributed by atoms with Crippen molar-refractivity contribution >= 4 is 29.4 Å². The fraction of sp³-hybridized carbons (Fsp3) is 0.348. The maximum absolute atomic E-state index is 12.4. The summed E-state index contributed by atoms with van der Waals surface area (Å²) in [6, 6.07) is 13.8. The lowest BCUT2D eigenvalue weighted by Crippen LogP contribution is -2.32. The molecule has 0 bridgehead atoms. The minimum absolute atomic E-state index is 0.122. The van der Waals surface area contributed by atoms with E-state index in [0.29, 0.717) is 6.61 Å². The van der Waals surface area contributed by atoms with E-state index < -0.39 is 0 Å². The van der Waals surface area contributed by atoms with Gasteiger partial charge in [0.15, 0.2) is 0 Å². The molecule has 0 atom stereocenters. The lowest BCUT2D eigenvalue weighted by atomic mass is 10.1. The van der Waals surface area contributed by atoms with Crippen LogP contribution in [0.2, 0.25) is 0 Å². The molecule has 1 aliphatic rings. The number of nitrogens with one attached hydrogen (secondary N) is 1. The van der Waals surface area contributed by atoms with Crippen molar-refractivity contribution in [2.75, 3.05) is 36.5 Å². The minimum atomic E-state index is -0.122. The van der Waals surface area contributed by atoms with Gasteiger partial charge in [-0.15, -0.1) is 0 Å². The van der Waals surface area contributed by atoms with Crippen LogP contribution >= 0.6 is 11.8 Å². The molecule has 0 radical (unpaired) electrons. The van der Waals surface area contributed by atoms with Crippen LogP contribution in [0.4, 0.5) is 5.69 Å². The zero-order valence-corrected chi connectivity index (χ0v) is 17.4. The summed E-state index contributed by atoms with van der Waals surface area (Å²) in [4.78, 5) is 14.9. The largest absolute Gasteiger partial charge is 0.494 e.